The third kappa shape index (κ3) is 4.00. The summed E-state index contributed by atoms with van der Waals surface area (Å²) in [5.41, 5.74) is 6.48. The SMILES string of the molecule is NC(=NCCc1ccc(F)cc1F)N1CCN(c2nccs2)CC1. The number of guanidine groups is 1. The van der Waals surface area contributed by atoms with Gasteiger partial charge >= 0.3 is 0 Å². The van der Waals surface area contributed by atoms with Crippen LogP contribution in [0, 0.1) is 11.6 Å². The van der Waals surface area contributed by atoms with E-state index in [0.29, 0.717) is 24.5 Å². The standard InChI is InChI=1S/C16H19F2N5S/c17-13-2-1-12(14(18)11-13)3-4-20-15(19)22-6-8-23(9-7-22)16-21-5-10-24-16/h1-2,5,10-11H,3-4,6-9H2,(H2,19,20). The Balaban J connectivity index is 1.49. The number of benzene rings is 1. The molecule has 8 heteroatoms. The minimum Gasteiger partial charge on any atom is -0.370 e. The van der Waals surface area contributed by atoms with Gasteiger partial charge in [-0.3, -0.25) is 4.99 Å². The number of piperazine rings is 1. The van der Waals surface area contributed by atoms with E-state index in [1.165, 1.54) is 12.1 Å². The molecule has 0 aliphatic carbocycles. The summed E-state index contributed by atoms with van der Waals surface area (Å²) >= 11 is 1.63. The molecule has 2 N–H and O–H groups in total. The number of aliphatic imine (C=N–C) groups is 1. The molecule has 0 saturated carbocycles. The lowest BCUT2D eigenvalue weighted by molar-refractivity contribution is 0.380. The van der Waals surface area contributed by atoms with Crippen molar-refractivity contribution in [3.05, 3.63) is 47.0 Å². The zero-order valence-corrected chi connectivity index (χ0v) is 14.0. The van der Waals surface area contributed by atoms with Gasteiger partial charge in [0.05, 0.1) is 0 Å². The average molecular weight is 351 g/mol. The second-order valence-electron chi connectivity index (χ2n) is 5.51. The lowest BCUT2D eigenvalue weighted by Gasteiger charge is -2.35. The van der Waals surface area contributed by atoms with Crippen LogP contribution in [0.3, 0.4) is 0 Å². The Bertz CT molecular complexity index is 696. The Morgan fingerprint density at radius 2 is 2.04 bits per heavy atom. The molecule has 1 fully saturated rings. The van der Waals surface area contributed by atoms with Crippen molar-refractivity contribution < 1.29 is 8.78 Å². The van der Waals surface area contributed by atoms with Gasteiger partial charge in [0, 0.05) is 50.4 Å². The molecule has 2 heterocycles. The van der Waals surface area contributed by atoms with Gasteiger partial charge in [0.1, 0.15) is 11.6 Å². The predicted octanol–water partition coefficient (Wildman–Crippen LogP) is 2.10. The van der Waals surface area contributed by atoms with Crippen molar-refractivity contribution in [1.29, 1.82) is 0 Å². The zero-order valence-electron chi connectivity index (χ0n) is 13.2. The minimum atomic E-state index is -0.572. The molecule has 128 valence electrons. The van der Waals surface area contributed by atoms with Gasteiger partial charge in [-0.1, -0.05) is 6.07 Å². The van der Waals surface area contributed by atoms with E-state index in [1.54, 1.807) is 17.5 Å². The molecule has 1 aromatic heterocycles. The summed E-state index contributed by atoms with van der Waals surface area (Å²) in [7, 11) is 0. The Morgan fingerprint density at radius 1 is 1.25 bits per heavy atom. The van der Waals surface area contributed by atoms with Gasteiger partial charge in [0.25, 0.3) is 0 Å². The van der Waals surface area contributed by atoms with Crippen LogP contribution in [-0.4, -0.2) is 48.6 Å². The zero-order chi connectivity index (χ0) is 16.9. The number of rotatable bonds is 4. The highest BCUT2D eigenvalue weighted by molar-refractivity contribution is 7.13. The van der Waals surface area contributed by atoms with Crippen LogP contribution in [0.4, 0.5) is 13.9 Å². The van der Waals surface area contributed by atoms with Crippen LogP contribution in [0.15, 0.2) is 34.8 Å². The number of aromatic nitrogens is 1. The van der Waals surface area contributed by atoms with Crippen LogP contribution < -0.4 is 10.6 Å². The molecule has 0 amide bonds. The third-order valence-corrected chi connectivity index (χ3v) is 4.80. The lowest BCUT2D eigenvalue weighted by Crippen LogP contribution is -2.51. The highest BCUT2D eigenvalue weighted by atomic mass is 32.1. The maximum absolute atomic E-state index is 13.6. The smallest absolute Gasteiger partial charge is 0.191 e. The van der Waals surface area contributed by atoms with Gasteiger partial charge in [-0.2, -0.15) is 0 Å². The first-order chi connectivity index (χ1) is 11.6. The fourth-order valence-corrected chi connectivity index (χ4v) is 3.31. The van der Waals surface area contributed by atoms with Crippen molar-refractivity contribution in [1.82, 2.24) is 9.88 Å². The van der Waals surface area contributed by atoms with Gasteiger partial charge in [-0.15, -0.1) is 11.3 Å². The first-order valence-corrected chi connectivity index (χ1v) is 8.64. The van der Waals surface area contributed by atoms with Gasteiger partial charge in [-0.05, 0) is 18.1 Å². The van der Waals surface area contributed by atoms with Crippen molar-refractivity contribution in [3.63, 3.8) is 0 Å². The fraction of sp³-hybridized carbons (Fsp3) is 0.375. The van der Waals surface area contributed by atoms with Gasteiger partial charge in [0.15, 0.2) is 11.1 Å². The minimum absolute atomic E-state index is 0.376. The predicted molar refractivity (Wildman–Crippen MR) is 92.5 cm³/mol. The molecular weight excluding hydrogens is 332 g/mol. The number of hydrogen-bond acceptors (Lipinski definition) is 4. The quantitative estimate of drug-likeness (QED) is 0.677. The fourth-order valence-electron chi connectivity index (χ4n) is 2.61. The molecule has 5 nitrogen and oxygen atoms in total. The summed E-state index contributed by atoms with van der Waals surface area (Å²) in [5, 5.41) is 2.99. The van der Waals surface area contributed by atoms with Crippen LogP contribution in [0.2, 0.25) is 0 Å². The normalized spacial score (nSPS) is 15.8. The van der Waals surface area contributed by atoms with Crippen LogP contribution >= 0.6 is 11.3 Å². The largest absolute Gasteiger partial charge is 0.370 e. The number of nitrogens with two attached hydrogens (primary N) is 1. The maximum atomic E-state index is 13.6. The topological polar surface area (TPSA) is 57.8 Å². The molecule has 1 aliphatic heterocycles. The number of hydrogen-bond donors (Lipinski definition) is 1. The third-order valence-electron chi connectivity index (χ3n) is 3.96. The van der Waals surface area contributed by atoms with E-state index in [2.05, 4.69) is 14.9 Å². The first-order valence-electron chi connectivity index (χ1n) is 7.77. The number of thiazole rings is 1. The van der Waals surface area contributed by atoms with E-state index in [-0.39, 0.29) is 0 Å². The highest BCUT2D eigenvalue weighted by Gasteiger charge is 2.19. The Labute approximate surface area is 143 Å². The Morgan fingerprint density at radius 3 is 2.71 bits per heavy atom. The Hall–Kier alpha value is -2.22. The monoisotopic (exact) mass is 351 g/mol. The summed E-state index contributed by atoms with van der Waals surface area (Å²) < 4.78 is 26.4. The van der Waals surface area contributed by atoms with Gasteiger partial charge in [0.2, 0.25) is 0 Å². The van der Waals surface area contributed by atoms with Crippen LogP contribution in [0.1, 0.15) is 5.56 Å². The van der Waals surface area contributed by atoms with Crippen molar-refractivity contribution in [3.8, 4) is 0 Å². The summed E-state index contributed by atoms with van der Waals surface area (Å²) in [4.78, 5) is 12.9. The molecule has 0 atom stereocenters. The molecule has 1 aliphatic rings. The molecule has 0 radical (unpaired) electrons. The van der Waals surface area contributed by atoms with E-state index in [1.807, 2.05) is 10.3 Å². The van der Waals surface area contributed by atoms with Crippen molar-refractivity contribution in [2.75, 3.05) is 37.6 Å². The van der Waals surface area contributed by atoms with E-state index in [0.717, 1.165) is 37.4 Å². The molecule has 0 bridgehead atoms. The van der Waals surface area contributed by atoms with Crippen LogP contribution in [0.5, 0.6) is 0 Å². The molecular formula is C16H19F2N5S. The van der Waals surface area contributed by atoms with Crippen LogP contribution in [0.25, 0.3) is 0 Å². The molecule has 24 heavy (non-hydrogen) atoms. The molecule has 1 saturated heterocycles. The summed E-state index contributed by atoms with van der Waals surface area (Å²) in [6, 6.07) is 3.59. The van der Waals surface area contributed by atoms with E-state index in [4.69, 9.17) is 5.73 Å². The summed E-state index contributed by atoms with van der Waals surface area (Å²) in [6.07, 6.45) is 2.20. The van der Waals surface area contributed by atoms with Crippen molar-refractivity contribution >= 4 is 22.4 Å². The van der Waals surface area contributed by atoms with Crippen molar-refractivity contribution in [2.24, 2.45) is 10.7 Å². The van der Waals surface area contributed by atoms with Crippen LogP contribution in [-0.2, 0) is 6.42 Å². The molecule has 2 aromatic rings. The molecule has 3 rings (SSSR count). The molecule has 1 aromatic carbocycles. The lowest BCUT2D eigenvalue weighted by atomic mass is 10.1. The Kier molecular flexibility index (Phi) is 5.24. The second kappa shape index (κ2) is 7.57. The highest BCUT2D eigenvalue weighted by Crippen LogP contribution is 2.18. The van der Waals surface area contributed by atoms with Gasteiger partial charge < -0.3 is 15.5 Å². The summed E-state index contributed by atoms with van der Waals surface area (Å²) in [5.74, 6) is -0.644. The summed E-state index contributed by atoms with van der Waals surface area (Å²) in [6.45, 7) is 3.62. The second-order valence-corrected chi connectivity index (χ2v) is 6.39. The van der Waals surface area contributed by atoms with E-state index >= 15 is 0 Å². The average Bonchev–Trinajstić information content (AvgIpc) is 3.11. The number of nitrogens with zero attached hydrogens (tertiary/aromatic N) is 4. The van der Waals surface area contributed by atoms with E-state index in [9.17, 15) is 8.78 Å². The number of anilines is 1. The molecule has 0 spiro atoms. The van der Waals surface area contributed by atoms with Gasteiger partial charge in [-0.25, -0.2) is 13.8 Å². The van der Waals surface area contributed by atoms with Crippen molar-refractivity contribution in [2.45, 2.75) is 6.42 Å². The first kappa shape index (κ1) is 16.6. The van der Waals surface area contributed by atoms with E-state index < -0.39 is 11.6 Å². The molecule has 0 unspecified atom stereocenters. The maximum Gasteiger partial charge on any atom is 0.191 e. The number of halogens is 2.